The minimum atomic E-state index is -1.61. The van der Waals surface area contributed by atoms with Crippen molar-refractivity contribution in [2.45, 2.75) is 365 Å². The zero-order valence-electron chi connectivity index (χ0n) is 49.6. The smallest absolute Gasteiger partial charge is 0.306 e. The van der Waals surface area contributed by atoms with E-state index in [1.54, 1.807) is 6.08 Å². The summed E-state index contributed by atoms with van der Waals surface area (Å²) in [5.74, 6) is -1.18. The number of hydrogen-bond acceptors (Lipinski definition) is 10. The third-order valence-corrected chi connectivity index (χ3v) is 15.6. The molecule has 8 atom stereocenters. The molecule has 0 spiro atoms. The largest absolute Gasteiger partial charge is 0.454 e. The molecular formula is C65H123NO10. The van der Waals surface area contributed by atoms with Crippen LogP contribution in [0, 0.1) is 0 Å². The second-order valence-electron chi connectivity index (χ2n) is 22.9. The molecule has 1 amide bonds. The predicted molar refractivity (Wildman–Crippen MR) is 315 cm³/mol. The summed E-state index contributed by atoms with van der Waals surface area (Å²) in [5, 5.41) is 57.0. The molecule has 11 heteroatoms. The van der Waals surface area contributed by atoms with Crippen molar-refractivity contribution in [1.82, 2.24) is 5.32 Å². The lowest BCUT2D eigenvalue weighted by atomic mass is 9.99. The van der Waals surface area contributed by atoms with Crippen LogP contribution in [-0.2, 0) is 23.8 Å². The van der Waals surface area contributed by atoms with Gasteiger partial charge in [0.2, 0.25) is 5.91 Å². The summed E-state index contributed by atoms with van der Waals surface area (Å²) in [6.45, 7) is 5.82. The lowest BCUT2D eigenvalue weighted by molar-refractivity contribution is -0.305. The predicted octanol–water partition coefficient (Wildman–Crippen LogP) is 15.7. The molecule has 0 aromatic carbocycles. The van der Waals surface area contributed by atoms with Gasteiger partial charge in [-0.2, -0.15) is 0 Å². The molecule has 0 aromatic heterocycles. The van der Waals surface area contributed by atoms with Crippen LogP contribution in [0.1, 0.15) is 316 Å². The molecule has 1 fully saturated rings. The lowest BCUT2D eigenvalue weighted by Crippen LogP contribution is -2.61. The van der Waals surface area contributed by atoms with Crippen LogP contribution in [0.25, 0.3) is 0 Å². The van der Waals surface area contributed by atoms with Gasteiger partial charge < -0.3 is 45.1 Å². The molecule has 6 N–H and O–H groups in total. The van der Waals surface area contributed by atoms with Gasteiger partial charge in [0, 0.05) is 6.42 Å². The van der Waals surface area contributed by atoms with Crippen LogP contribution >= 0.6 is 0 Å². The van der Waals surface area contributed by atoms with Crippen molar-refractivity contribution >= 4 is 11.9 Å². The van der Waals surface area contributed by atoms with E-state index in [0.29, 0.717) is 19.3 Å². The number of aliphatic hydroxyl groups is 5. The van der Waals surface area contributed by atoms with Crippen molar-refractivity contribution in [2.24, 2.45) is 0 Å². The Hall–Kier alpha value is -1.86. The van der Waals surface area contributed by atoms with Gasteiger partial charge in [-0.15, -0.1) is 0 Å². The van der Waals surface area contributed by atoms with Crippen LogP contribution < -0.4 is 5.32 Å². The minimum Gasteiger partial charge on any atom is -0.454 e. The maximum atomic E-state index is 13.4. The Morgan fingerprint density at radius 1 is 0.500 bits per heavy atom. The lowest BCUT2D eigenvalue weighted by Gasteiger charge is -2.41. The number of ether oxygens (including phenoxy) is 3. The zero-order valence-corrected chi connectivity index (χ0v) is 49.6. The van der Waals surface area contributed by atoms with E-state index in [1.807, 2.05) is 6.08 Å². The van der Waals surface area contributed by atoms with Crippen molar-refractivity contribution in [3.8, 4) is 0 Å². The number of carbonyl (C=O) groups excluding carboxylic acids is 2. The van der Waals surface area contributed by atoms with E-state index in [-0.39, 0.29) is 13.0 Å². The van der Waals surface area contributed by atoms with E-state index in [1.165, 1.54) is 199 Å². The van der Waals surface area contributed by atoms with Crippen molar-refractivity contribution < 1.29 is 49.3 Å². The van der Waals surface area contributed by atoms with Gasteiger partial charge in [-0.1, -0.05) is 283 Å². The molecule has 1 aliphatic heterocycles. The van der Waals surface area contributed by atoms with Crippen LogP contribution in [-0.4, -0.2) is 99.6 Å². The molecule has 448 valence electrons. The first kappa shape index (κ1) is 72.2. The number of nitrogens with one attached hydrogen (secondary N) is 1. The van der Waals surface area contributed by atoms with Crippen LogP contribution in [0.3, 0.4) is 0 Å². The van der Waals surface area contributed by atoms with E-state index in [0.717, 1.165) is 70.6 Å². The second kappa shape index (κ2) is 53.8. The van der Waals surface area contributed by atoms with Crippen molar-refractivity contribution in [1.29, 1.82) is 0 Å². The monoisotopic (exact) mass is 1080 g/mol. The van der Waals surface area contributed by atoms with Crippen molar-refractivity contribution in [2.75, 3.05) is 13.2 Å². The molecule has 1 aliphatic rings. The third-order valence-electron chi connectivity index (χ3n) is 15.6. The third kappa shape index (κ3) is 41.2. The fraction of sp³-hybridized carbons (Fsp3) is 0.908. The first-order valence-electron chi connectivity index (χ1n) is 32.6. The maximum Gasteiger partial charge on any atom is 0.306 e. The van der Waals surface area contributed by atoms with E-state index < -0.39 is 67.4 Å². The highest BCUT2D eigenvalue weighted by Gasteiger charge is 2.47. The molecule has 1 rings (SSSR count). The van der Waals surface area contributed by atoms with E-state index >= 15 is 0 Å². The summed E-state index contributed by atoms with van der Waals surface area (Å²) in [7, 11) is 0. The molecule has 0 bridgehead atoms. The van der Waals surface area contributed by atoms with E-state index in [9.17, 15) is 35.1 Å². The van der Waals surface area contributed by atoms with Crippen LogP contribution in [0.2, 0.25) is 0 Å². The van der Waals surface area contributed by atoms with Gasteiger partial charge in [0.1, 0.15) is 24.4 Å². The Kier molecular flexibility index (Phi) is 51.0. The Bertz CT molecular complexity index is 1330. The molecule has 76 heavy (non-hydrogen) atoms. The molecule has 0 aromatic rings. The molecule has 1 saturated heterocycles. The molecule has 8 unspecified atom stereocenters. The number of hydrogen-bond donors (Lipinski definition) is 6. The highest BCUT2D eigenvalue weighted by atomic mass is 16.7. The molecule has 0 radical (unpaired) electrons. The summed E-state index contributed by atoms with van der Waals surface area (Å²) < 4.78 is 17.6. The number of rotatable bonds is 56. The average Bonchev–Trinajstić information content (AvgIpc) is 3.42. The Morgan fingerprint density at radius 2 is 0.868 bits per heavy atom. The Balaban J connectivity index is 2.64. The molecule has 11 nitrogen and oxygen atoms in total. The fourth-order valence-electron chi connectivity index (χ4n) is 10.4. The number of carbonyl (C=O) groups is 2. The van der Waals surface area contributed by atoms with Gasteiger partial charge in [-0.25, -0.2) is 0 Å². The fourth-order valence-corrected chi connectivity index (χ4v) is 10.4. The Morgan fingerprint density at radius 3 is 1.28 bits per heavy atom. The summed E-state index contributed by atoms with van der Waals surface area (Å²) in [4.78, 5) is 26.6. The van der Waals surface area contributed by atoms with Gasteiger partial charge in [0.25, 0.3) is 0 Å². The van der Waals surface area contributed by atoms with E-state index in [2.05, 4.69) is 38.2 Å². The summed E-state index contributed by atoms with van der Waals surface area (Å²) in [6, 6.07) is -1.02. The van der Waals surface area contributed by atoms with Crippen LogP contribution in [0.4, 0.5) is 0 Å². The summed E-state index contributed by atoms with van der Waals surface area (Å²) in [6.07, 6.45) is 52.1. The van der Waals surface area contributed by atoms with Gasteiger partial charge >= 0.3 is 5.97 Å². The number of amides is 1. The normalized spacial score (nSPS) is 19.2. The number of allylic oxidation sites excluding steroid dienone is 3. The molecule has 1 heterocycles. The standard InChI is InChI=1S/C65H123NO10/c1-4-7-10-13-16-19-22-25-27-29-31-32-34-37-40-43-46-49-52-58(69)64(73)66-56(57(68)51-48-45-42-39-36-24-21-18-15-12-9-6-3)55-74-65-63(62(72)61(71)59(54-67)75-65)76-60(70)53-50-47-44-41-38-35-33-30-28-26-23-20-17-14-11-8-5-2/h26,28,48,51,56-59,61-63,65,67-69,71-72H,4-25,27,29-47,49-50,52-55H2,1-3H3,(H,66,73)/b28-26+,51-48+. The second-order valence-corrected chi connectivity index (χ2v) is 22.9. The van der Waals surface area contributed by atoms with E-state index in [4.69, 9.17) is 14.2 Å². The topological polar surface area (TPSA) is 175 Å². The first-order valence-corrected chi connectivity index (χ1v) is 32.6. The van der Waals surface area contributed by atoms with Crippen molar-refractivity contribution in [3.05, 3.63) is 24.3 Å². The molecular weight excluding hydrogens is 955 g/mol. The van der Waals surface area contributed by atoms with Crippen molar-refractivity contribution in [3.63, 3.8) is 0 Å². The van der Waals surface area contributed by atoms with Gasteiger partial charge in [-0.05, 0) is 51.4 Å². The summed E-state index contributed by atoms with van der Waals surface area (Å²) in [5.41, 5.74) is 0. The number of esters is 1. The average molecular weight is 1080 g/mol. The van der Waals surface area contributed by atoms with Gasteiger partial charge in [0.05, 0.1) is 25.4 Å². The summed E-state index contributed by atoms with van der Waals surface area (Å²) >= 11 is 0. The Labute approximate surface area is 467 Å². The quantitative estimate of drug-likeness (QED) is 0.0195. The first-order chi connectivity index (χ1) is 37.2. The molecule has 0 aliphatic carbocycles. The zero-order chi connectivity index (χ0) is 55.4. The highest BCUT2D eigenvalue weighted by Crippen LogP contribution is 2.26. The van der Waals surface area contributed by atoms with Crippen LogP contribution in [0.5, 0.6) is 0 Å². The molecule has 0 saturated carbocycles. The van der Waals surface area contributed by atoms with Gasteiger partial charge in [-0.3, -0.25) is 9.59 Å². The highest BCUT2D eigenvalue weighted by molar-refractivity contribution is 5.80. The van der Waals surface area contributed by atoms with Crippen LogP contribution in [0.15, 0.2) is 24.3 Å². The maximum absolute atomic E-state index is 13.4. The minimum absolute atomic E-state index is 0.122. The van der Waals surface area contributed by atoms with Gasteiger partial charge in [0.15, 0.2) is 12.4 Å². The SMILES string of the molecule is CCCCCCCC/C=C/CCCCCCCCCC(=O)OC1C(OCC(NC(=O)C(O)CCCCCCCCCCCCCCCCCCCC)C(O)/C=C/CCCCCCCCCCCC)OC(CO)C(O)C1O. The number of unbranched alkanes of at least 4 members (excludes halogenated alkanes) is 40. The number of aliphatic hydroxyl groups excluding tert-OH is 5.